The highest BCUT2D eigenvalue weighted by atomic mass is 35.5. The van der Waals surface area contributed by atoms with E-state index in [4.69, 9.17) is 17.3 Å². The van der Waals surface area contributed by atoms with E-state index in [0.29, 0.717) is 16.7 Å². The van der Waals surface area contributed by atoms with Gasteiger partial charge < -0.3 is 5.73 Å². The summed E-state index contributed by atoms with van der Waals surface area (Å²) in [7, 11) is 0. The Kier molecular flexibility index (Phi) is 1.90. The second kappa shape index (κ2) is 3.06. The quantitative estimate of drug-likeness (QED) is 0.700. The molecule has 0 amide bonds. The first-order chi connectivity index (χ1) is 6.25. The molecule has 0 aliphatic carbocycles. The van der Waals surface area contributed by atoms with E-state index in [9.17, 15) is 0 Å². The smallest absolute Gasteiger partial charge is 0.141 e. The molecule has 2 N–H and O–H groups in total. The van der Waals surface area contributed by atoms with Gasteiger partial charge in [0.15, 0.2) is 0 Å². The predicted octanol–water partition coefficient (Wildman–Crippen LogP) is 1.50. The van der Waals surface area contributed by atoms with Crippen LogP contribution < -0.4 is 5.73 Å². The molecule has 2 aromatic heterocycles. The van der Waals surface area contributed by atoms with Gasteiger partial charge in [0, 0.05) is 24.1 Å². The van der Waals surface area contributed by atoms with Crippen LogP contribution in [-0.4, -0.2) is 14.5 Å². The third kappa shape index (κ3) is 1.62. The molecule has 0 fully saturated rings. The highest BCUT2D eigenvalue weighted by Gasteiger charge is 1.99. The van der Waals surface area contributed by atoms with Crippen LogP contribution in [0.2, 0.25) is 5.15 Å². The molecular weight excluding hydrogens is 188 g/mol. The molecule has 0 atom stereocenters. The molecule has 0 aromatic carbocycles. The van der Waals surface area contributed by atoms with Gasteiger partial charge in [0.1, 0.15) is 17.3 Å². The number of nitrogens with two attached hydrogens (primary N) is 1. The lowest BCUT2D eigenvalue weighted by Crippen LogP contribution is -1.96. The molecule has 13 heavy (non-hydrogen) atoms. The number of imidazole rings is 1. The first-order valence-electron chi connectivity index (χ1n) is 3.67. The van der Waals surface area contributed by atoms with Crippen LogP contribution in [0.5, 0.6) is 0 Å². The summed E-state index contributed by atoms with van der Waals surface area (Å²) in [6.45, 7) is 0. The van der Waals surface area contributed by atoms with E-state index < -0.39 is 0 Å². The molecule has 2 heterocycles. The molecule has 0 spiro atoms. The minimum atomic E-state index is 0.378. The van der Waals surface area contributed by atoms with Crippen LogP contribution in [0.1, 0.15) is 0 Å². The zero-order valence-corrected chi connectivity index (χ0v) is 7.44. The minimum Gasteiger partial charge on any atom is -0.399 e. The minimum absolute atomic E-state index is 0.378. The van der Waals surface area contributed by atoms with Crippen molar-refractivity contribution in [2.24, 2.45) is 0 Å². The van der Waals surface area contributed by atoms with E-state index in [1.54, 1.807) is 35.4 Å². The normalized spacial score (nSPS) is 10.2. The zero-order chi connectivity index (χ0) is 9.26. The highest BCUT2D eigenvalue weighted by Crippen LogP contribution is 2.14. The number of halogens is 1. The van der Waals surface area contributed by atoms with Gasteiger partial charge in [-0.3, -0.25) is 4.57 Å². The first-order valence-corrected chi connectivity index (χ1v) is 4.05. The Balaban J connectivity index is 2.53. The summed E-state index contributed by atoms with van der Waals surface area (Å²) in [5, 5.41) is 0.378. The lowest BCUT2D eigenvalue weighted by molar-refractivity contribution is 0.995. The van der Waals surface area contributed by atoms with Crippen LogP contribution in [0, 0.1) is 0 Å². The number of hydrogen-bond donors (Lipinski definition) is 1. The van der Waals surface area contributed by atoms with Crippen molar-refractivity contribution in [2.45, 2.75) is 0 Å². The van der Waals surface area contributed by atoms with Crippen molar-refractivity contribution >= 4 is 17.3 Å². The summed E-state index contributed by atoms with van der Waals surface area (Å²) >= 11 is 5.74. The van der Waals surface area contributed by atoms with E-state index in [1.807, 2.05) is 0 Å². The molecule has 0 unspecified atom stereocenters. The molecule has 0 aliphatic rings. The maximum absolute atomic E-state index is 5.74. The van der Waals surface area contributed by atoms with Crippen molar-refractivity contribution in [3.8, 4) is 5.82 Å². The Hall–Kier alpha value is -1.55. The summed E-state index contributed by atoms with van der Waals surface area (Å²) < 4.78 is 1.74. The summed E-state index contributed by atoms with van der Waals surface area (Å²) in [5.74, 6) is 0.669. The second-order valence-electron chi connectivity index (χ2n) is 2.55. The second-order valence-corrected chi connectivity index (χ2v) is 2.94. The van der Waals surface area contributed by atoms with Crippen molar-refractivity contribution in [3.63, 3.8) is 0 Å². The lowest BCUT2D eigenvalue weighted by atomic mass is 10.4. The molecule has 66 valence electrons. The Morgan fingerprint density at radius 2 is 2.23 bits per heavy atom. The van der Waals surface area contributed by atoms with Crippen molar-refractivity contribution < 1.29 is 0 Å². The Labute approximate surface area is 80.0 Å². The fourth-order valence-corrected chi connectivity index (χ4v) is 1.24. The number of pyridine rings is 1. The number of nitrogen functional groups attached to an aromatic ring is 1. The van der Waals surface area contributed by atoms with Gasteiger partial charge in [-0.15, -0.1) is 0 Å². The third-order valence-corrected chi connectivity index (χ3v) is 1.77. The van der Waals surface area contributed by atoms with Gasteiger partial charge in [-0.1, -0.05) is 11.6 Å². The topological polar surface area (TPSA) is 56.7 Å². The maximum atomic E-state index is 5.74. The van der Waals surface area contributed by atoms with Crippen LogP contribution >= 0.6 is 11.6 Å². The molecule has 4 nitrogen and oxygen atoms in total. The molecule has 0 saturated heterocycles. The third-order valence-electron chi connectivity index (χ3n) is 1.57. The van der Waals surface area contributed by atoms with E-state index >= 15 is 0 Å². The van der Waals surface area contributed by atoms with E-state index in [-0.39, 0.29) is 0 Å². The maximum Gasteiger partial charge on any atom is 0.141 e. The van der Waals surface area contributed by atoms with E-state index in [1.165, 1.54) is 0 Å². The number of aromatic nitrogens is 3. The number of hydrogen-bond acceptors (Lipinski definition) is 3. The first kappa shape index (κ1) is 8.07. The fraction of sp³-hybridized carbons (Fsp3) is 0. The van der Waals surface area contributed by atoms with Gasteiger partial charge in [-0.05, 0) is 6.07 Å². The highest BCUT2D eigenvalue weighted by molar-refractivity contribution is 6.29. The van der Waals surface area contributed by atoms with E-state index in [0.717, 1.165) is 0 Å². The number of anilines is 1. The summed E-state index contributed by atoms with van der Waals surface area (Å²) in [6, 6.07) is 3.33. The average Bonchev–Trinajstić information content (AvgIpc) is 2.53. The monoisotopic (exact) mass is 194 g/mol. The SMILES string of the molecule is Nc1cc(Cl)nc(-n2ccnc2)c1. The van der Waals surface area contributed by atoms with E-state index in [2.05, 4.69) is 9.97 Å². The number of rotatable bonds is 1. The van der Waals surface area contributed by atoms with Gasteiger partial charge in [0.25, 0.3) is 0 Å². The summed E-state index contributed by atoms with van der Waals surface area (Å²) in [5.41, 5.74) is 6.19. The molecule has 0 saturated carbocycles. The van der Waals surface area contributed by atoms with Gasteiger partial charge in [-0.25, -0.2) is 9.97 Å². The summed E-state index contributed by atoms with van der Waals surface area (Å²) in [6.07, 6.45) is 5.08. The Morgan fingerprint density at radius 3 is 2.85 bits per heavy atom. The van der Waals surface area contributed by atoms with Crippen LogP contribution in [0.3, 0.4) is 0 Å². The summed E-state index contributed by atoms with van der Waals surface area (Å²) in [4.78, 5) is 7.98. The van der Waals surface area contributed by atoms with Crippen molar-refractivity contribution in [2.75, 3.05) is 5.73 Å². The predicted molar refractivity (Wildman–Crippen MR) is 50.8 cm³/mol. The molecular formula is C8H7ClN4. The number of nitrogens with zero attached hydrogens (tertiary/aromatic N) is 3. The fourth-order valence-electron chi connectivity index (χ4n) is 1.03. The zero-order valence-electron chi connectivity index (χ0n) is 6.68. The van der Waals surface area contributed by atoms with Gasteiger partial charge in [0.05, 0.1) is 0 Å². The average molecular weight is 195 g/mol. The molecule has 5 heteroatoms. The van der Waals surface area contributed by atoms with Gasteiger partial charge in [-0.2, -0.15) is 0 Å². The largest absolute Gasteiger partial charge is 0.399 e. The van der Waals surface area contributed by atoms with Crippen molar-refractivity contribution in [1.29, 1.82) is 0 Å². The van der Waals surface area contributed by atoms with Crippen LogP contribution in [0.15, 0.2) is 30.9 Å². The Morgan fingerprint density at radius 1 is 1.38 bits per heavy atom. The van der Waals surface area contributed by atoms with Crippen molar-refractivity contribution in [1.82, 2.24) is 14.5 Å². The molecule has 2 rings (SSSR count). The molecule has 0 bridgehead atoms. The lowest BCUT2D eigenvalue weighted by Gasteiger charge is -2.02. The molecule has 0 radical (unpaired) electrons. The van der Waals surface area contributed by atoms with Crippen LogP contribution in [-0.2, 0) is 0 Å². The molecule has 0 aliphatic heterocycles. The Bertz CT molecular complexity index is 390. The van der Waals surface area contributed by atoms with Crippen molar-refractivity contribution in [3.05, 3.63) is 36.0 Å². The molecule has 2 aromatic rings. The van der Waals surface area contributed by atoms with Gasteiger partial charge in [0.2, 0.25) is 0 Å². The van der Waals surface area contributed by atoms with Gasteiger partial charge >= 0.3 is 0 Å². The van der Waals surface area contributed by atoms with Crippen LogP contribution in [0.25, 0.3) is 5.82 Å². The van der Waals surface area contributed by atoms with Crippen LogP contribution in [0.4, 0.5) is 5.69 Å². The standard InChI is InChI=1S/C8H7ClN4/c9-7-3-6(10)4-8(12-7)13-2-1-11-5-13/h1-5H,(H2,10,12).